The third kappa shape index (κ3) is 3.44. The first-order valence-corrected chi connectivity index (χ1v) is 10.2. The Hall–Kier alpha value is -2.40. The Morgan fingerprint density at radius 3 is 2.37 bits per heavy atom. The summed E-state index contributed by atoms with van der Waals surface area (Å²) in [5.74, 6) is 0.145. The van der Waals surface area contributed by atoms with Crippen molar-refractivity contribution in [1.82, 2.24) is 9.88 Å². The molecule has 1 fully saturated rings. The van der Waals surface area contributed by atoms with Crippen LogP contribution < -0.4 is 4.90 Å². The number of rotatable bonds is 2. The monoisotopic (exact) mass is 379 g/mol. The molecule has 1 aliphatic rings. The molecule has 4 rings (SSSR count). The lowest BCUT2D eigenvalue weighted by molar-refractivity contribution is 0.0746. The van der Waals surface area contributed by atoms with E-state index in [-0.39, 0.29) is 5.91 Å². The van der Waals surface area contributed by atoms with Gasteiger partial charge < -0.3 is 9.80 Å². The lowest BCUT2D eigenvalue weighted by Gasteiger charge is -2.34. The van der Waals surface area contributed by atoms with Crippen molar-refractivity contribution in [1.29, 1.82) is 0 Å². The second-order valence-corrected chi connectivity index (χ2v) is 8.51. The van der Waals surface area contributed by atoms with Gasteiger partial charge in [0.2, 0.25) is 0 Å². The molecule has 1 amide bonds. The van der Waals surface area contributed by atoms with Gasteiger partial charge in [0.15, 0.2) is 5.13 Å². The molecule has 0 radical (unpaired) electrons. The zero-order valence-electron chi connectivity index (χ0n) is 16.4. The highest BCUT2D eigenvalue weighted by Crippen LogP contribution is 2.31. The summed E-state index contributed by atoms with van der Waals surface area (Å²) in [7, 11) is 0. The van der Waals surface area contributed by atoms with Crippen molar-refractivity contribution in [2.24, 2.45) is 0 Å². The molecule has 1 saturated heterocycles. The number of amides is 1. The lowest BCUT2D eigenvalue weighted by Crippen LogP contribution is -2.48. The van der Waals surface area contributed by atoms with Gasteiger partial charge in [0.25, 0.3) is 5.91 Å². The highest BCUT2D eigenvalue weighted by molar-refractivity contribution is 7.22. The number of piperazine rings is 1. The van der Waals surface area contributed by atoms with Gasteiger partial charge in [-0.3, -0.25) is 4.79 Å². The van der Waals surface area contributed by atoms with Crippen LogP contribution in [0.1, 0.15) is 32.6 Å². The lowest BCUT2D eigenvalue weighted by atomic mass is 10.0. The summed E-state index contributed by atoms with van der Waals surface area (Å²) in [5, 5.41) is 1.06. The fourth-order valence-electron chi connectivity index (χ4n) is 3.54. The molecular weight excluding hydrogens is 354 g/mol. The number of carbonyl (C=O) groups excluding carboxylic acids is 1. The van der Waals surface area contributed by atoms with Gasteiger partial charge in [-0.1, -0.05) is 29.0 Å². The molecule has 0 aliphatic carbocycles. The number of aryl methyl sites for hydroxylation is 4. The van der Waals surface area contributed by atoms with E-state index < -0.39 is 0 Å². The van der Waals surface area contributed by atoms with Gasteiger partial charge in [0, 0.05) is 31.7 Å². The van der Waals surface area contributed by atoms with Crippen LogP contribution in [0.15, 0.2) is 30.3 Å². The van der Waals surface area contributed by atoms with E-state index in [0.29, 0.717) is 0 Å². The Morgan fingerprint density at radius 1 is 0.926 bits per heavy atom. The quantitative estimate of drug-likeness (QED) is 0.658. The molecule has 4 nitrogen and oxygen atoms in total. The molecule has 1 aliphatic heterocycles. The molecule has 140 valence electrons. The van der Waals surface area contributed by atoms with Crippen LogP contribution in [0.25, 0.3) is 10.2 Å². The Balaban J connectivity index is 1.49. The average molecular weight is 380 g/mol. The first-order chi connectivity index (χ1) is 12.9. The van der Waals surface area contributed by atoms with Crippen LogP contribution in [-0.2, 0) is 0 Å². The molecular formula is C22H25N3OS. The molecule has 0 N–H and O–H groups in total. The van der Waals surface area contributed by atoms with Crippen molar-refractivity contribution in [3.8, 4) is 0 Å². The summed E-state index contributed by atoms with van der Waals surface area (Å²) < 4.78 is 1.24. The largest absolute Gasteiger partial charge is 0.345 e. The number of anilines is 1. The summed E-state index contributed by atoms with van der Waals surface area (Å²) in [6.07, 6.45) is 0. The van der Waals surface area contributed by atoms with E-state index in [1.807, 2.05) is 30.9 Å². The number of benzene rings is 2. The number of nitrogens with zero attached hydrogens (tertiary/aromatic N) is 3. The summed E-state index contributed by atoms with van der Waals surface area (Å²) in [6.45, 7) is 11.4. The Bertz CT molecular complexity index is 977. The maximum atomic E-state index is 12.9. The van der Waals surface area contributed by atoms with E-state index in [2.05, 4.69) is 36.9 Å². The van der Waals surface area contributed by atoms with Crippen molar-refractivity contribution in [3.05, 3.63) is 58.1 Å². The van der Waals surface area contributed by atoms with E-state index in [1.165, 1.54) is 15.8 Å². The van der Waals surface area contributed by atoms with Crippen LogP contribution in [-0.4, -0.2) is 42.0 Å². The molecule has 1 aromatic heterocycles. The number of hydrogen-bond acceptors (Lipinski definition) is 4. The molecule has 5 heteroatoms. The minimum Gasteiger partial charge on any atom is -0.345 e. The second kappa shape index (κ2) is 6.97. The number of fused-ring (bicyclic) bond motifs is 1. The SMILES string of the molecule is Cc1ccc(C)c(C(=O)N2CCN(c3nc4cc(C)c(C)cc4s3)CC2)c1. The van der Waals surface area contributed by atoms with Crippen LogP contribution in [0.5, 0.6) is 0 Å². The van der Waals surface area contributed by atoms with E-state index in [4.69, 9.17) is 4.98 Å². The van der Waals surface area contributed by atoms with Crippen LogP contribution in [0.4, 0.5) is 5.13 Å². The molecule has 0 saturated carbocycles. The highest BCUT2D eigenvalue weighted by atomic mass is 32.1. The van der Waals surface area contributed by atoms with Gasteiger partial charge in [-0.2, -0.15) is 0 Å². The number of aromatic nitrogens is 1. The zero-order chi connectivity index (χ0) is 19.1. The van der Waals surface area contributed by atoms with Gasteiger partial charge >= 0.3 is 0 Å². The van der Waals surface area contributed by atoms with Crippen molar-refractivity contribution in [2.45, 2.75) is 27.7 Å². The smallest absolute Gasteiger partial charge is 0.254 e. The predicted octanol–water partition coefficient (Wildman–Crippen LogP) is 4.49. The predicted molar refractivity (Wildman–Crippen MR) is 113 cm³/mol. The first-order valence-electron chi connectivity index (χ1n) is 9.41. The Kier molecular flexibility index (Phi) is 4.64. The average Bonchev–Trinajstić information content (AvgIpc) is 3.06. The molecule has 2 aromatic carbocycles. The van der Waals surface area contributed by atoms with Crippen molar-refractivity contribution >= 4 is 32.6 Å². The summed E-state index contributed by atoms with van der Waals surface area (Å²) in [5.41, 5.74) is 6.67. The Labute approximate surface area is 164 Å². The molecule has 0 atom stereocenters. The van der Waals surface area contributed by atoms with Crippen LogP contribution in [0, 0.1) is 27.7 Å². The van der Waals surface area contributed by atoms with E-state index >= 15 is 0 Å². The highest BCUT2D eigenvalue weighted by Gasteiger charge is 2.24. The van der Waals surface area contributed by atoms with E-state index in [9.17, 15) is 4.79 Å². The van der Waals surface area contributed by atoms with Crippen molar-refractivity contribution in [2.75, 3.05) is 31.1 Å². The van der Waals surface area contributed by atoms with Gasteiger partial charge in [0.1, 0.15) is 0 Å². The fraction of sp³-hybridized carbons (Fsp3) is 0.364. The van der Waals surface area contributed by atoms with Crippen molar-refractivity contribution < 1.29 is 4.79 Å². The van der Waals surface area contributed by atoms with Crippen LogP contribution in [0.2, 0.25) is 0 Å². The van der Waals surface area contributed by atoms with Gasteiger partial charge in [0.05, 0.1) is 10.2 Å². The minimum absolute atomic E-state index is 0.145. The molecule has 2 heterocycles. The maximum Gasteiger partial charge on any atom is 0.254 e. The molecule has 0 spiro atoms. The standard InChI is InChI=1S/C22H25N3OS/c1-14-5-6-15(2)18(11-14)21(26)24-7-9-25(10-8-24)22-23-19-12-16(3)17(4)13-20(19)27-22/h5-6,11-13H,7-10H2,1-4H3. The van der Waals surface area contributed by atoms with E-state index in [1.54, 1.807) is 11.3 Å². The first kappa shape index (κ1) is 18.0. The Morgan fingerprint density at radius 2 is 1.63 bits per heavy atom. The van der Waals surface area contributed by atoms with Crippen LogP contribution >= 0.6 is 11.3 Å². The second-order valence-electron chi connectivity index (χ2n) is 7.50. The fourth-order valence-corrected chi connectivity index (χ4v) is 4.64. The van der Waals surface area contributed by atoms with Gasteiger partial charge in [-0.25, -0.2) is 4.98 Å². The van der Waals surface area contributed by atoms with E-state index in [0.717, 1.165) is 53.5 Å². The normalized spacial score (nSPS) is 14.8. The third-order valence-corrected chi connectivity index (χ3v) is 6.53. The number of hydrogen-bond donors (Lipinski definition) is 0. The summed E-state index contributed by atoms with van der Waals surface area (Å²) in [4.78, 5) is 22.0. The number of carbonyl (C=O) groups is 1. The van der Waals surface area contributed by atoms with Gasteiger partial charge in [-0.05, 0) is 62.6 Å². The summed E-state index contributed by atoms with van der Waals surface area (Å²) in [6, 6.07) is 10.5. The van der Waals surface area contributed by atoms with Gasteiger partial charge in [-0.15, -0.1) is 0 Å². The molecule has 3 aromatic rings. The molecule has 0 unspecified atom stereocenters. The topological polar surface area (TPSA) is 36.4 Å². The molecule has 0 bridgehead atoms. The molecule has 27 heavy (non-hydrogen) atoms. The number of thiazole rings is 1. The zero-order valence-corrected chi connectivity index (χ0v) is 17.2. The van der Waals surface area contributed by atoms with Crippen LogP contribution in [0.3, 0.4) is 0 Å². The third-order valence-electron chi connectivity index (χ3n) is 5.45. The minimum atomic E-state index is 0.145. The summed E-state index contributed by atoms with van der Waals surface area (Å²) >= 11 is 1.75. The maximum absolute atomic E-state index is 12.9. The van der Waals surface area contributed by atoms with Crippen molar-refractivity contribution in [3.63, 3.8) is 0 Å².